The first-order valence-electron chi connectivity index (χ1n) is 5.11. The van der Waals surface area contributed by atoms with Crippen LogP contribution in [0.15, 0.2) is 12.3 Å². The van der Waals surface area contributed by atoms with E-state index < -0.39 is 5.97 Å². The molecule has 0 bridgehead atoms. The minimum Gasteiger partial charge on any atom is -0.480 e. The second-order valence-corrected chi connectivity index (χ2v) is 3.63. The van der Waals surface area contributed by atoms with Gasteiger partial charge in [0.1, 0.15) is 5.56 Å². The number of carboxylic acid groups (broad SMARTS) is 1. The summed E-state index contributed by atoms with van der Waals surface area (Å²) >= 11 is 0. The van der Waals surface area contributed by atoms with Crippen molar-refractivity contribution < 1.29 is 19.4 Å². The maximum absolute atomic E-state index is 11.0. The third-order valence-corrected chi connectivity index (χ3v) is 2.60. The molecule has 1 unspecified atom stereocenters. The molecule has 1 aromatic rings. The van der Waals surface area contributed by atoms with Crippen molar-refractivity contribution in [2.24, 2.45) is 0 Å². The van der Waals surface area contributed by atoms with E-state index in [0.717, 1.165) is 25.0 Å². The lowest BCUT2D eigenvalue weighted by molar-refractivity contribution is 0.0691. The molecule has 86 valence electrons. The van der Waals surface area contributed by atoms with E-state index in [1.54, 1.807) is 12.3 Å². The number of aromatic carboxylic acids is 1. The molecular formula is C11H13NO4. The lowest BCUT2D eigenvalue weighted by Gasteiger charge is -2.11. The summed E-state index contributed by atoms with van der Waals surface area (Å²) in [6.07, 6.45) is 3.49. The first kappa shape index (κ1) is 10.9. The van der Waals surface area contributed by atoms with Crippen LogP contribution in [0.2, 0.25) is 0 Å². The first-order chi connectivity index (χ1) is 7.72. The Morgan fingerprint density at radius 3 is 3.06 bits per heavy atom. The second kappa shape index (κ2) is 4.49. The van der Waals surface area contributed by atoms with Gasteiger partial charge in [0.15, 0.2) is 0 Å². The van der Waals surface area contributed by atoms with Gasteiger partial charge in [-0.1, -0.05) is 0 Å². The Hall–Kier alpha value is -1.62. The molecule has 1 aliphatic rings. The van der Waals surface area contributed by atoms with Crippen molar-refractivity contribution >= 4 is 5.97 Å². The zero-order valence-corrected chi connectivity index (χ0v) is 8.97. The van der Waals surface area contributed by atoms with Gasteiger partial charge < -0.3 is 14.6 Å². The van der Waals surface area contributed by atoms with E-state index in [1.165, 1.54) is 7.11 Å². The molecule has 2 rings (SSSR count). The fraction of sp³-hybridized carbons (Fsp3) is 0.455. The Morgan fingerprint density at radius 2 is 2.50 bits per heavy atom. The highest BCUT2D eigenvalue weighted by molar-refractivity contribution is 5.90. The predicted octanol–water partition coefficient (Wildman–Crippen LogP) is 1.64. The lowest BCUT2D eigenvalue weighted by Crippen LogP contribution is -2.06. The Kier molecular flexibility index (Phi) is 3.05. The fourth-order valence-corrected chi connectivity index (χ4v) is 1.80. The van der Waals surface area contributed by atoms with E-state index in [-0.39, 0.29) is 17.5 Å². The van der Waals surface area contributed by atoms with Crippen LogP contribution in [0.4, 0.5) is 0 Å². The fourth-order valence-electron chi connectivity index (χ4n) is 1.80. The zero-order chi connectivity index (χ0) is 11.5. The number of aromatic nitrogens is 1. The van der Waals surface area contributed by atoms with E-state index in [4.69, 9.17) is 14.6 Å². The molecular weight excluding hydrogens is 210 g/mol. The molecule has 1 atom stereocenters. The highest BCUT2D eigenvalue weighted by atomic mass is 16.5. The van der Waals surface area contributed by atoms with E-state index in [0.29, 0.717) is 0 Å². The lowest BCUT2D eigenvalue weighted by atomic mass is 10.1. The average molecular weight is 223 g/mol. The second-order valence-electron chi connectivity index (χ2n) is 3.63. The number of ether oxygens (including phenoxy) is 2. The van der Waals surface area contributed by atoms with E-state index in [1.807, 2.05) is 0 Å². The van der Waals surface area contributed by atoms with Gasteiger partial charge in [0.2, 0.25) is 5.88 Å². The van der Waals surface area contributed by atoms with Gasteiger partial charge in [-0.3, -0.25) is 0 Å². The van der Waals surface area contributed by atoms with Gasteiger partial charge in [-0.05, 0) is 18.9 Å². The number of carbonyl (C=O) groups is 1. The van der Waals surface area contributed by atoms with Gasteiger partial charge in [-0.25, -0.2) is 9.78 Å². The molecule has 1 N–H and O–H groups in total. The highest BCUT2D eigenvalue weighted by Gasteiger charge is 2.21. The number of methoxy groups -OCH3 is 1. The highest BCUT2D eigenvalue weighted by Crippen LogP contribution is 2.30. The molecule has 5 heteroatoms. The molecule has 0 radical (unpaired) electrons. The SMILES string of the molecule is COc1ncc(C2CCCO2)cc1C(=O)O. The standard InChI is InChI=1S/C11H13NO4/c1-15-10-8(11(13)14)5-7(6-12-10)9-3-2-4-16-9/h5-6,9H,2-4H2,1H3,(H,13,14). The summed E-state index contributed by atoms with van der Waals surface area (Å²) < 4.78 is 10.4. The number of carboxylic acids is 1. The van der Waals surface area contributed by atoms with Crippen molar-refractivity contribution in [1.29, 1.82) is 0 Å². The number of pyridine rings is 1. The van der Waals surface area contributed by atoms with Gasteiger partial charge in [0.25, 0.3) is 0 Å². The monoisotopic (exact) mass is 223 g/mol. The third kappa shape index (κ3) is 1.99. The number of rotatable bonds is 3. The Balaban J connectivity index is 2.34. The Bertz CT molecular complexity index is 399. The molecule has 0 aliphatic carbocycles. The van der Waals surface area contributed by atoms with Crippen LogP contribution in [0.5, 0.6) is 5.88 Å². The number of hydrogen-bond acceptors (Lipinski definition) is 4. The summed E-state index contributed by atoms with van der Waals surface area (Å²) in [5.41, 5.74) is 0.881. The molecule has 0 saturated carbocycles. The topological polar surface area (TPSA) is 68.7 Å². The Morgan fingerprint density at radius 1 is 1.69 bits per heavy atom. The van der Waals surface area contributed by atoms with Crippen LogP contribution in [-0.2, 0) is 4.74 Å². The summed E-state index contributed by atoms with van der Waals surface area (Å²) in [6.45, 7) is 0.721. The van der Waals surface area contributed by atoms with Gasteiger partial charge in [0.05, 0.1) is 13.2 Å². The van der Waals surface area contributed by atoms with Gasteiger partial charge in [-0.15, -0.1) is 0 Å². The number of nitrogens with zero attached hydrogens (tertiary/aromatic N) is 1. The van der Waals surface area contributed by atoms with Crippen LogP contribution in [0.25, 0.3) is 0 Å². The van der Waals surface area contributed by atoms with E-state index >= 15 is 0 Å². The minimum absolute atomic E-state index is 0.0310. The van der Waals surface area contributed by atoms with Crippen LogP contribution in [0, 0.1) is 0 Å². The summed E-state index contributed by atoms with van der Waals surface area (Å²) in [7, 11) is 1.40. The summed E-state index contributed by atoms with van der Waals surface area (Å²) in [4.78, 5) is 15.0. The van der Waals surface area contributed by atoms with Crippen molar-refractivity contribution in [1.82, 2.24) is 4.98 Å². The van der Waals surface area contributed by atoms with Crippen LogP contribution < -0.4 is 4.74 Å². The average Bonchev–Trinajstić information content (AvgIpc) is 2.81. The summed E-state index contributed by atoms with van der Waals surface area (Å²) in [5.74, 6) is -0.904. The van der Waals surface area contributed by atoms with E-state index in [9.17, 15) is 4.79 Å². The molecule has 1 saturated heterocycles. The molecule has 1 aromatic heterocycles. The first-order valence-corrected chi connectivity index (χ1v) is 5.11. The van der Waals surface area contributed by atoms with Crippen molar-refractivity contribution in [2.45, 2.75) is 18.9 Å². The largest absolute Gasteiger partial charge is 0.480 e. The minimum atomic E-state index is -1.04. The third-order valence-electron chi connectivity index (χ3n) is 2.60. The van der Waals surface area contributed by atoms with Crippen LogP contribution in [0.1, 0.15) is 34.9 Å². The van der Waals surface area contributed by atoms with Crippen molar-refractivity contribution in [3.63, 3.8) is 0 Å². The van der Waals surface area contributed by atoms with Crippen molar-refractivity contribution in [3.8, 4) is 5.88 Å². The van der Waals surface area contributed by atoms with E-state index in [2.05, 4.69) is 4.98 Å². The molecule has 0 spiro atoms. The normalized spacial score (nSPS) is 19.7. The van der Waals surface area contributed by atoms with Crippen molar-refractivity contribution in [3.05, 3.63) is 23.4 Å². The quantitative estimate of drug-likeness (QED) is 0.843. The number of hydrogen-bond donors (Lipinski definition) is 1. The summed E-state index contributed by atoms with van der Waals surface area (Å²) in [5, 5.41) is 9.00. The van der Waals surface area contributed by atoms with Gasteiger partial charge in [0, 0.05) is 18.4 Å². The van der Waals surface area contributed by atoms with Crippen molar-refractivity contribution in [2.75, 3.05) is 13.7 Å². The molecule has 5 nitrogen and oxygen atoms in total. The molecule has 1 aliphatic heterocycles. The maximum atomic E-state index is 11.0. The summed E-state index contributed by atoms with van der Waals surface area (Å²) in [6, 6.07) is 1.57. The molecule has 0 aromatic carbocycles. The van der Waals surface area contributed by atoms with Crippen LogP contribution >= 0.6 is 0 Å². The van der Waals surface area contributed by atoms with Crippen LogP contribution in [-0.4, -0.2) is 29.8 Å². The smallest absolute Gasteiger partial charge is 0.341 e. The molecule has 2 heterocycles. The van der Waals surface area contributed by atoms with Crippen LogP contribution in [0.3, 0.4) is 0 Å². The van der Waals surface area contributed by atoms with Gasteiger partial charge >= 0.3 is 5.97 Å². The maximum Gasteiger partial charge on any atom is 0.341 e. The molecule has 0 amide bonds. The zero-order valence-electron chi connectivity index (χ0n) is 8.97. The molecule has 1 fully saturated rings. The van der Waals surface area contributed by atoms with Gasteiger partial charge in [-0.2, -0.15) is 0 Å². The molecule has 16 heavy (non-hydrogen) atoms. The predicted molar refractivity (Wildman–Crippen MR) is 55.7 cm³/mol. The Labute approximate surface area is 93.0 Å².